The number of rotatable bonds is 3. The SMILES string of the molecule is Cc1ccc(-c2nnc(S(N)(=O)=O)n2-c2ccccc2)s1. The second-order valence-corrected chi connectivity index (χ2v) is 7.18. The maximum Gasteiger partial charge on any atom is 0.274 e. The number of hydrogen-bond donors (Lipinski definition) is 1. The van der Waals surface area contributed by atoms with Crippen LogP contribution in [0.15, 0.2) is 47.6 Å². The predicted molar refractivity (Wildman–Crippen MR) is 80.8 cm³/mol. The summed E-state index contributed by atoms with van der Waals surface area (Å²) in [7, 11) is -3.97. The van der Waals surface area contributed by atoms with E-state index in [9.17, 15) is 8.42 Å². The summed E-state index contributed by atoms with van der Waals surface area (Å²) in [6, 6.07) is 12.9. The Balaban J connectivity index is 2.30. The highest BCUT2D eigenvalue weighted by Gasteiger charge is 2.23. The standard InChI is InChI=1S/C13H12N4O2S2/c1-9-7-8-11(20-9)12-15-16-13(21(14,18)19)17(12)10-5-3-2-4-6-10/h2-8H,1H3,(H2,14,18,19). The Kier molecular flexibility index (Phi) is 3.36. The van der Waals surface area contributed by atoms with Crippen LogP contribution in [0.25, 0.3) is 16.4 Å². The van der Waals surface area contributed by atoms with Crippen molar-refractivity contribution in [1.29, 1.82) is 0 Å². The first-order valence-corrected chi connectivity index (χ1v) is 8.43. The molecular formula is C13H12N4O2S2. The van der Waals surface area contributed by atoms with Crippen molar-refractivity contribution in [1.82, 2.24) is 14.8 Å². The Morgan fingerprint density at radius 2 is 1.81 bits per heavy atom. The molecule has 2 aromatic heterocycles. The van der Waals surface area contributed by atoms with Crippen molar-refractivity contribution in [2.75, 3.05) is 0 Å². The summed E-state index contributed by atoms with van der Waals surface area (Å²) in [6.07, 6.45) is 0. The molecule has 0 aliphatic heterocycles. The molecule has 3 aromatic rings. The number of sulfonamides is 1. The highest BCUT2D eigenvalue weighted by molar-refractivity contribution is 7.89. The van der Waals surface area contributed by atoms with E-state index in [1.807, 2.05) is 37.3 Å². The zero-order valence-corrected chi connectivity index (χ0v) is 12.7. The van der Waals surface area contributed by atoms with Crippen LogP contribution >= 0.6 is 11.3 Å². The first kappa shape index (κ1) is 13.9. The normalized spacial score (nSPS) is 11.7. The minimum atomic E-state index is -3.97. The van der Waals surface area contributed by atoms with Gasteiger partial charge in [0.05, 0.1) is 4.88 Å². The van der Waals surface area contributed by atoms with Gasteiger partial charge in [-0.3, -0.25) is 4.57 Å². The molecule has 0 radical (unpaired) electrons. The van der Waals surface area contributed by atoms with Gasteiger partial charge in [0.15, 0.2) is 5.82 Å². The summed E-state index contributed by atoms with van der Waals surface area (Å²) < 4.78 is 24.9. The van der Waals surface area contributed by atoms with Crippen molar-refractivity contribution in [3.63, 3.8) is 0 Å². The molecule has 2 heterocycles. The zero-order chi connectivity index (χ0) is 15.0. The average Bonchev–Trinajstić information content (AvgIpc) is 3.04. The summed E-state index contributed by atoms with van der Waals surface area (Å²) in [6.45, 7) is 1.97. The quantitative estimate of drug-likeness (QED) is 0.798. The lowest BCUT2D eigenvalue weighted by Crippen LogP contribution is -2.18. The molecule has 8 heteroatoms. The van der Waals surface area contributed by atoms with Gasteiger partial charge in [-0.25, -0.2) is 13.6 Å². The number of nitrogens with zero attached hydrogens (tertiary/aromatic N) is 3. The molecule has 0 amide bonds. The number of para-hydroxylation sites is 1. The molecule has 0 fully saturated rings. The Hall–Kier alpha value is -2.03. The fourth-order valence-electron chi connectivity index (χ4n) is 1.98. The lowest BCUT2D eigenvalue weighted by Gasteiger charge is -2.08. The summed E-state index contributed by atoms with van der Waals surface area (Å²) >= 11 is 1.51. The number of benzene rings is 1. The molecule has 0 unspecified atom stereocenters. The molecule has 0 aliphatic rings. The maximum absolute atomic E-state index is 11.7. The van der Waals surface area contributed by atoms with E-state index in [0.717, 1.165) is 9.75 Å². The third-order valence-corrected chi connectivity index (χ3v) is 4.63. The minimum absolute atomic E-state index is 0.269. The van der Waals surface area contributed by atoms with Crippen molar-refractivity contribution in [2.45, 2.75) is 12.1 Å². The van der Waals surface area contributed by atoms with Gasteiger partial charge in [-0.1, -0.05) is 18.2 Å². The van der Waals surface area contributed by atoms with E-state index in [1.165, 1.54) is 15.9 Å². The predicted octanol–water partition coefficient (Wildman–Crippen LogP) is 1.95. The van der Waals surface area contributed by atoms with Gasteiger partial charge in [-0.2, -0.15) is 0 Å². The average molecular weight is 320 g/mol. The molecule has 1 aromatic carbocycles. The van der Waals surface area contributed by atoms with Crippen LogP contribution in [0.3, 0.4) is 0 Å². The van der Waals surface area contributed by atoms with Crippen LogP contribution in [0, 0.1) is 6.92 Å². The Labute approximate surface area is 125 Å². The van der Waals surface area contributed by atoms with Crippen LogP contribution in [0.5, 0.6) is 0 Å². The molecule has 0 aliphatic carbocycles. The van der Waals surface area contributed by atoms with Crippen LogP contribution in [0.4, 0.5) is 0 Å². The van der Waals surface area contributed by atoms with Crippen molar-refractivity contribution in [2.24, 2.45) is 5.14 Å². The fourth-order valence-corrected chi connectivity index (χ4v) is 3.42. The Morgan fingerprint density at radius 1 is 1.10 bits per heavy atom. The van der Waals surface area contributed by atoms with E-state index in [4.69, 9.17) is 5.14 Å². The summed E-state index contributed by atoms with van der Waals surface area (Å²) in [4.78, 5) is 1.93. The lowest BCUT2D eigenvalue weighted by molar-refractivity contribution is 0.585. The molecular weight excluding hydrogens is 308 g/mol. The molecule has 21 heavy (non-hydrogen) atoms. The molecule has 2 N–H and O–H groups in total. The van der Waals surface area contributed by atoms with Crippen molar-refractivity contribution in [3.8, 4) is 16.4 Å². The van der Waals surface area contributed by atoms with Crippen LogP contribution in [-0.4, -0.2) is 23.2 Å². The molecule has 108 valence electrons. The van der Waals surface area contributed by atoms with Crippen molar-refractivity contribution < 1.29 is 8.42 Å². The zero-order valence-electron chi connectivity index (χ0n) is 11.1. The van der Waals surface area contributed by atoms with E-state index in [-0.39, 0.29) is 5.16 Å². The van der Waals surface area contributed by atoms with Gasteiger partial charge in [0.2, 0.25) is 0 Å². The first-order valence-electron chi connectivity index (χ1n) is 6.07. The van der Waals surface area contributed by atoms with Crippen LogP contribution in [0.2, 0.25) is 0 Å². The molecule has 3 rings (SSSR count). The topological polar surface area (TPSA) is 90.9 Å². The van der Waals surface area contributed by atoms with Crippen LogP contribution < -0.4 is 5.14 Å². The van der Waals surface area contributed by atoms with E-state index < -0.39 is 10.0 Å². The van der Waals surface area contributed by atoms with Gasteiger partial charge in [-0.15, -0.1) is 21.5 Å². The lowest BCUT2D eigenvalue weighted by atomic mass is 10.3. The second-order valence-electron chi connectivity index (χ2n) is 4.43. The van der Waals surface area contributed by atoms with Gasteiger partial charge >= 0.3 is 0 Å². The molecule has 0 atom stereocenters. The monoisotopic (exact) mass is 320 g/mol. The number of hydrogen-bond acceptors (Lipinski definition) is 5. The molecule has 0 bridgehead atoms. The van der Waals surface area contributed by atoms with Crippen molar-refractivity contribution in [3.05, 3.63) is 47.3 Å². The minimum Gasteiger partial charge on any atom is -0.264 e. The van der Waals surface area contributed by atoms with E-state index in [0.29, 0.717) is 11.5 Å². The fraction of sp³-hybridized carbons (Fsp3) is 0.0769. The number of nitrogens with two attached hydrogens (primary N) is 1. The van der Waals surface area contributed by atoms with Crippen molar-refractivity contribution >= 4 is 21.4 Å². The van der Waals surface area contributed by atoms with Gasteiger partial charge in [0.1, 0.15) is 0 Å². The largest absolute Gasteiger partial charge is 0.274 e. The van der Waals surface area contributed by atoms with Crippen LogP contribution in [0.1, 0.15) is 4.88 Å². The molecule has 0 saturated heterocycles. The summed E-state index contributed by atoms with van der Waals surface area (Å²) in [5, 5.41) is 12.7. The van der Waals surface area contributed by atoms with Gasteiger partial charge in [0, 0.05) is 10.6 Å². The van der Waals surface area contributed by atoms with Gasteiger partial charge in [0.25, 0.3) is 15.2 Å². The third kappa shape index (κ3) is 2.60. The molecule has 0 saturated carbocycles. The first-order chi connectivity index (χ1) is 9.97. The number of aryl methyl sites for hydroxylation is 1. The second kappa shape index (κ2) is 5.06. The van der Waals surface area contributed by atoms with E-state index >= 15 is 0 Å². The van der Waals surface area contributed by atoms with E-state index in [1.54, 1.807) is 12.1 Å². The number of thiophene rings is 1. The Bertz CT molecular complexity index is 882. The van der Waals surface area contributed by atoms with Gasteiger partial charge in [-0.05, 0) is 31.2 Å². The van der Waals surface area contributed by atoms with E-state index in [2.05, 4.69) is 10.2 Å². The highest BCUT2D eigenvalue weighted by Crippen LogP contribution is 2.29. The molecule has 6 nitrogen and oxygen atoms in total. The maximum atomic E-state index is 11.7. The Morgan fingerprint density at radius 3 is 2.38 bits per heavy atom. The van der Waals surface area contributed by atoms with Crippen LogP contribution in [-0.2, 0) is 10.0 Å². The summed E-state index contributed by atoms with van der Waals surface area (Å²) in [5.41, 5.74) is 0.646. The third-order valence-electron chi connectivity index (χ3n) is 2.86. The molecule has 0 spiro atoms. The highest BCUT2D eigenvalue weighted by atomic mass is 32.2. The number of aromatic nitrogens is 3. The summed E-state index contributed by atoms with van der Waals surface area (Å²) in [5.74, 6) is 0.461. The smallest absolute Gasteiger partial charge is 0.264 e. The van der Waals surface area contributed by atoms with Gasteiger partial charge < -0.3 is 0 Å². The number of primary sulfonamides is 1.